The van der Waals surface area contributed by atoms with Gasteiger partial charge in [0.05, 0.1) is 0 Å². The van der Waals surface area contributed by atoms with E-state index in [1.807, 2.05) is 0 Å². The molecule has 2 aliphatic rings. The van der Waals surface area contributed by atoms with Crippen LogP contribution in [0, 0.1) is 0 Å². The van der Waals surface area contributed by atoms with Gasteiger partial charge in [-0.2, -0.15) is 0 Å². The summed E-state index contributed by atoms with van der Waals surface area (Å²) >= 11 is 3.71. The van der Waals surface area contributed by atoms with Gasteiger partial charge in [-0.3, -0.25) is 0 Å². The number of allylic oxidation sites excluding steroid dienone is 8. The second-order valence-corrected chi connectivity index (χ2v) is 9.82. The minimum absolute atomic E-state index is 0.769. The molecule has 0 aliphatic heterocycles. The fourth-order valence-electron chi connectivity index (χ4n) is 1.79. The quantitative estimate of drug-likeness (QED) is 0.769. The number of rotatable bonds is 4. The van der Waals surface area contributed by atoms with Gasteiger partial charge in [0.1, 0.15) is 0 Å². The standard InChI is InChI=1S/2C5H5.CH2ClO.Zr/c2*1-2-4-5-3-1;1-3-2;/h2*1-3H,4H2;1H2;. The SMILES string of the molecule is ClO[CH2][Zr]([C]1=CC=CC1)[C]1=CC=CC1. The normalized spacial score (nSPS) is 18.6. The number of halogens is 1. The van der Waals surface area contributed by atoms with Gasteiger partial charge in [0.25, 0.3) is 0 Å². The molecule has 0 saturated carbocycles. The van der Waals surface area contributed by atoms with Gasteiger partial charge in [0, 0.05) is 0 Å². The zero-order valence-corrected chi connectivity index (χ0v) is 11.1. The number of hydrogen-bond acceptors (Lipinski definition) is 1. The Hall–Kier alpha value is 0.0931. The van der Waals surface area contributed by atoms with E-state index in [1.54, 1.807) is 6.56 Å². The monoisotopic (exact) mass is 285 g/mol. The molecule has 3 heteroatoms. The van der Waals surface area contributed by atoms with Crippen LogP contribution in [0.2, 0.25) is 0 Å². The van der Waals surface area contributed by atoms with Crippen LogP contribution in [0.4, 0.5) is 0 Å². The number of hydrogen-bond donors (Lipinski definition) is 0. The average molecular weight is 287 g/mol. The Balaban J connectivity index is 2.07. The van der Waals surface area contributed by atoms with E-state index in [0.29, 0.717) is 0 Å². The molecule has 0 aromatic carbocycles. The van der Waals surface area contributed by atoms with E-state index < -0.39 is 21.8 Å². The topological polar surface area (TPSA) is 9.23 Å². The first-order valence-corrected chi connectivity index (χ1v) is 9.24. The Morgan fingerprint density at radius 1 is 1.14 bits per heavy atom. The van der Waals surface area contributed by atoms with Gasteiger partial charge in [0.15, 0.2) is 0 Å². The van der Waals surface area contributed by atoms with Crippen LogP contribution in [0.3, 0.4) is 0 Å². The van der Waals surface area contributed by atoms with E-state index in [1.165, 1.54) is 0 Å². The van der Waals surface area contributed by atoms with Crippen LogP contribution in [0.1, 0.15) is 12.8 Å². The summed E-state index contributed by atoms with van der Waals surface area (Å²) in [6, 6.07) is 0. The minimum atomic E-state index is -1.70. The molecule has 0 unspecified atom stereocenters. The predicted octanol–water partition coefficient (Wildman–Crippen LogP) is 3.42. The third-order valence-corrected chi connectivity index (χ3v) is 9.77. The van der Waals surface area contributed by atoms with Crippen LogP contribution in [0.5, 0.6) is 0 Å². The molecule has 0 bridgehead atoms. The van der Waals surface area contributed by atoms with Crippen LogP contribution >= 0.6 is 11.9 Å². The first kappa shape index (κ1) is 10.6. The first-order valence-electron chi connectivity index (χ1n) is 4.73. The maximum absolute atomic E-state index is 5.41. The van der Waals surface area contributed by atoms with Crippen molar-refractivity contribution in [2.75, 3.05) is 4.31 Å². The summed E-state index contributed by atoms with van der Waals surface area (Å²) in [7, 11) is 0. The predicted molar refractivity (Wildman–Crippen MR) is 55.5 cm³/mol. The zero-order valence-electron chi connectivity index (χ0n) is 7.87. The van der Waals surface area contributed by atoms with Gasteiger partial charge >= 0.3 is 98.1 Å². The van der Waals surface area contributed by atoms with Crippen LogP contribution in [0.25, 0.3) is 0 Å². The summed E-state index contributed by atoms with van der Waals surface area (Å²) in [5.74, 6) is 0. The zero-order chi connectivity index (χ0) is 9.80. The van der Waals surface area contributed by atoms with Crippen molar-refractivity contribution < 1.29 is 26.0 Å². The van der Waals surface area contributed by atoms with E-state index in [0.717, 1.165) is 17.2 Å². The summed E-state index contributed by atoms with van der Waals surface area (Å²) in [6.45, 7) is 0. The van der Waals surface area contributed by atoms with Crippen LogP contribution in [-0.2, 0) is 26.0 Å². The van der Waals surface area contributed by atoms with E-state index in [4.69, 9.17) is 16.2 Å². The molecular formula is C11H12ClOZr. The molecule has 1 nitrogen and oxygen atoms in total. The average Bonchev–Trinajstić information content (AvgIpc) is 2.87. The Morgan fingerprint density at radius 3 is 2.07 bits per heavy atom. The molecule has 2 rings (SSSR count). The van der Waals surface area contributed by atoms with Crippen molar-refractivity contribution in [3.05, 3.63) is 43.0 Å². The van der Waals surface area contributed by atoms with Crippen molar-refractivity contribution in [2.45, 2.75) is 12.8 Å². The molecule has 0 aromatic heterocycles. The molecule has 0 fully saturated rings. The van der Waals surface area contributed by atoms with Gasteiger partial charge in [0.2, 0.25) is 0 Å². The van der Waals surface area contributed by atoms with Gasteiger partial charge in [-0.25, -0.2) is 0 Å². The maximum atomic E-state index is 5.41. The summed E-state index contributed by atoms with van der Waals surface area (Å²) in [6.07, 6.45) is 15.5. The summed E-state index contributed by atoms with van der Waals surface area (Å²) in [5.41, 5.74) is 0. The third kappa shape index (κ3) is 2.36. The molecular weight excluding hydrogens is 275 g/mol. The molecule has 0 atom stereocenters. The molecule has 0 N–H and O–H groups in total. The molecule has 2 aliphatic carbocycles. The molecule has 0 spiro atoms. The fraction of sp³-hybridized carbons (Fsp3) is 0.273. The van der Waals surface area contributed by atoms with Crippen LogP contribution in [-0.4, -0.2) is 4.31 Å². The van der Waals surface area contributed by atoms with E-state index in [2.05, 4.69) is 36.5 Å². The Labute approximate surface area is 97.6 Å². The van der Waals surface area contributed by atoms with Crippen molar-refractivity contribution in [1.29, 1.82) is 0 Å². The van der Waals surface area contributed by atoms with E-state index in [9.17, 15) is 0 Å². The molecule has 73 valence electrons. The van der Waals surface area contributed by atoms with Gasteiger partial charge in [-0.05, 0) is 0 Å². The molecule has 0 heterocycles. The van der Waals surface area contributed by atoms with Crippen LogP contribution < -0.4 is 0 Å². The fourth-order valence-corrected chi connectivity index (χ4v) is 7.88. The van der Waals surface area contributed by atoms with Crippen LogP contribution in [0.15, 0.2) is 43.0 Å². The van der Waals surface area contributed by atoms with Crippen molar-refractivity contribution in [2.24, 2.45) is 0 Å². The second-order valence-electron chi connectivity index (χ2n) is 3.38. The van der Waals surface area contributed by atoms with Gasteiger partial charge < -0.3 is 0 Å². The Bertz CT molecular complexity index is 298. The second kappa shape index (κ2) is 5.25. The molecule has 0 saturated heterocycles. The van der Waals surface area contributed by atoms with Gasteiger partial charge in [-0.15, -0.1) is 0 Å². The summed E-state index contributed by atoms with van der Waals surface area (Å²) in [4.78, 5) is 0. The van der Waals surface area contributed by atoms with Crippen molar-refractivity contribution in [1.82, 2.24) is 0 Å². The first-order chi connectivity index (χ1) is 6.92. The summed E-state index contributed by atoms with van der Waals surface area (Å²) in [5, 5.41) is 0. The van der Waals surface area contributed by atoms with Crippen molar-refractivity contribution in [3.63, 3.8) is 0 Å². The molecule has 14 heavy (non-hydrogen) atoms. The third-order valence-electron chi connectivity index (χ3n) is 2.52. The molecule has 0 amide bonds. The van der Waals surface area contributed by atoms with Crippen molar-refractivity contribution >= 4 is 11.9 Å². The Morgan fingerprint density at radius 2 is 1.71 bits per heavy atom. The summed E-state index contributed by atoms with van der Waals surface area (Å²) < 4.78 is 8.82. The van der Waals surface area contributed by atoms with E-state index >= 15 is 0 Å². The van der Waals surface area contributed by atoms with Gasteiger partial charge in [-0.1, -0.05) is 0 Å². The van der Waals surface area contributed by atoms with Crippen molar-refractivity contribution in [3.8, 4) is 0 Å². The molecule has 0 radical (unpaired) electrons. The Kier molecular flexibility index (Phi) is 3.98. The van der Waals surface area contributed by atoms with E-state index in [-0.39, 0.29) is 0 Å². The molecule has 0 aromatic rings.